The lowest BCUT2D eigenvalue weighted by Gasteiger charge is -2.15. The first-order valence-electron chi connectivity index (χ1n) is 11.2. The van der Waals surface area contributed by atoms with Gasteiger partial charge >= 0.3 is 12.4 Å². The molecule has 0 aliphatic carbocycles. The fraction of sp³-hybridized carbons (Fsp3) is 0.296. The van der Waals surface area contributed by atoms with E-state index in [1.165, 1.54) is 38.1 Å². The molecule has 0 fully saturated rings. The fourth-order valence-corrected chi connectivity index (χ4v) is 3.47. The van der Waals surface area contributed by atoms with Crippen LogP contribution in [0.1, 0.15) is 29.4 Å². The Morgan fingerprint density at radius 1 is 0.769 bits per heavy atom. The van der Waals surface area contributed by atoms with Crippen molar-refractivity contribution in [2.24, 2.45) is 0 Å². The van der Waals surface area contributed by atoms with Gasteiger partial charge in [0, 0.05) is 54.6 Å². The summed E-state index contributed by atoms with van der Waals surface area (Å²) < 4.78 is 77.0. The van der Waals surface area contributed by atoms with E-state index in [1.54, 1.807) is 25.1 Å². The Balaban J connectivity index is 0.000000337. The van der Waals surface area contributed by atoms with Crippen LogP contribution in [0.2, 0.25) is 0 Å². The molecule has 4 rings (SSSR count). The van der Waals surface area contributed by atoms with Gasteiger partial charge < -0.3 is 10.6 Å². The molecule has 4 aromatic rings. The number of nitrogen functional groups attached to an aromatic ring is 1. The number of benzene rings is 2. The molecule has 0 amide bonds. The molecule has 0 spiro atoms. The predicted molar refractivity (Wildman–Crippen MR) is 153 cm³/mol. The van der Waals surface area contributed by atoms with Gasteiger partial charge in [0.15, 0.2) is 0 Å². The number of nitriles is 1. The van der Waals surface area contributed by atoms with Crippen LogP contribution < -0.4 is 10.6 Å². The molecule has 39 heavy (non-hydrogen) atoms. The zero-order valence-electron chi connectivity index (χ0n) is 22.1. The molecule has 0 aliphatic heterocycles. The van der Waals surface area contributed by atoms with Crippen molar-refractivity contribution in [3.63, 3.8) is 0 Å². The molecule has 0 saturated carbocycles. The third kappa shape index (κ3) is 9.42. The number of fused-ring (bicyclic) bond motifs is 2. The zero-order chi connectivity index (χ0) is 30.1. The highest BCUT2D eigenvalue weighted by molar-refractivity contribution is 14.1. The molecule has 0 bridgehead atoms. The smallest absolute Gasteiger partial charge is 0.399 e. The van der Waals surface area contributed by atoms with Crippen molar-refractivity contribution in [1.82, 2.24) is 9.97 Å². The van der Waals surface area contributed by atoms with Gasteiger partial charge in [0.05, 0.1) is 28.2 Å². The Morgan fingerprint density at radius 3 is 1.54 bits per heavy atom. The number of hydrogen-bond acceptors (Lipinski definition) is 5. The van der Waals surface area contributed by atoms with Gasteiger partial charge in [-0.15, -0.1) is 0 Å². The van der Waals surface area contributed by atoms with E-state index in [0.717, 1.165) is 17.8 Å². The van der Waals surface area contributed by atoms with Crippen LogP contribution in [0.3, 0.4) is 0 Å². The number of anilines is 2. The van der Waals surface area contributed by atoms with Gasteiger partial charge in [-0.2, -0.15) is 31.6 Å². The minimum Gasteiger partial charge on any atom is -0.399 e. The number of aryl methyl sites for hydroxylation is 2. The molecule has 0 aliphatic rings. The Bertz CT molecular complexity index is 1440. The van der Waals surface area contributed by atoms with Crippen molar-refractivity contribution in [3.8, 4) is 6.07 Å². The summed E-state index contributed by atoms with van der Waals surface area (Å²) in [5.41, 5.74) is 6.77. The maximum atomic E-state index is 12.9. The van der Waals surface area contributed by atoms with Crippen molar-refractivity contribution < 1.29 is 26.3 Å². The van der Waals surface area contributed by atoms with Crippen LogP contribution in [-0.4, -0.2) is 29.0 Å². The minimum absolute atomic E-state index is 0.0762. The van der Waals surface area contributed by atoms with Gasteiger partial charge in [-0.1, -0.05) is 34.7 Å². The van der Waals surface area contributed by atoms with E-state index in [0.29, 0.717) is 22.6 Å². The number of nitrogens with two attached hydrogens (primary N) is 1. The summed E-state index contributed by atoms with van der Waals surface area (Å²) >= 11 is 2.15. The molecule has 12 heteroatoms. The van der Waals surface area contributed by atoms with Crippen molar-refractivity contribution in [2.45, 2.75) is 33.1 Å². The standard InChI is InChI=1S/C13H13F3N2.C11H9F3N2.C2H3N.CH3I/c1-8-6-11(13(14,15)16)10-5-4-9(18(2)3)7-12(10)17-8;1-6-4-9(11(12,13)14)8-3-2-7(15)5-10(8)16-6;1-2-3;1-2/h4-7H,1-3H3;2-5H,15H2,1H3;1H3;1H3. The van der Waals surface area contributed by atoms with Crippen molar-refractivity contribution in [2.75, 3.05) is 29.7 Å². The molecule has 0 saturated heterocycles. The third-order valence-electron chi connectivity index (χ3n) is 5.01. The van der Waals surface area contributed by atoms with E-state index in [1.807, 2.05) is 23.9 Å². The first kappa shape index (κ1) is 33.7. The SMILES string of the molecule is CC#N.CI.Cc1cc(C(F)(F)F)c2ccc(N(C)C)cc2n1.Cc1cc(C(F)(F)F)c2ccc(N)cc2n1. The maximum absolute atomic E-state index is 12.9. The molecule has 0 unspecified atom stereocenters. The second-order valence-electron chi connectivity index (χ2n) is 8.21. The van der Waals surface area contributed by atoms with E-state index >= 15 is 0 Å². The first-order valence-corrected chi connectivity index (χ1v) is 13.3. The largest absolute Gasteiger partial charge is 0.417 e. The molecular formula is C27H28F6IN5. The molecule has 2 heterocycles. The van der Waals surface area contributed by atoms with Crippen LogP contribution in [0.25, 0.3) is 21.8 Å². The number of rotatable bonds is 1. The number of aromatic nitrogens is 2. The molecule has 5 nitrogen and oxygen atoms in total. The van der Waals surface area contributed by atoms with Gasteiger partial charge in [0.1, 0.15) is 0 Å². The highest BCUT2D eigenvalue weighted by atomic mass is 127. The Labute approximate surface area is 236 Å². The molecule has 210 valence electrons. The van der Waals surface area contributed by atoms with Crippen LogP contribution >= 0.6 is 22.6 Å². The Kier molecular flexibility index (Phi) is 12.2. The van der Waals surface area contributed by atoms with Crippen LogP contribution in [0.15, 0.2) is 48.5 Å². The molecule has 0 radical (unpaired) electrons. The molecule has 2 aromatic carbocycles. The minimum atomic E-state index is -4.37. The van der Waals surface area contributed by atoms with E-state index in [-0.39, 0.29) is 16.3 Å². The van der Waals surface area contributed by atoms with Crippen molar-refractivity contribution >= 4 is 55.8 Å². The van der Waals surface area contributed by atoms with Crippen LogP contribution in [0.4, 0.5) is 37.7 Å². The van der Waals surface area contributed by atoms with E-state index in [4.69, 9.17) is 11.0 Å². The molecular weight excluding hydrogens is 635 g/mol. The number of pyridine rings is 2. The lowest BCUT2D eigenvalue weighted by atomic mass is 10.1. The molecule has 2 N–H and O–H groups in total. The second-order valence-corrected chi connectivity index (χ2v) is 8.21. The van der Waals surface area contributed by atoms with Gasteiger partial charge in [0.25, 0.3) is 0 Å². The number of alkyl halides is 7. The van der Waals surface area contributed by atoms with Crippen LogP contribution in [0.5, 0.6) is 0 Å². The van der Waals surface area contributed by atoms with Crippen LogP contribution in [0, 0.1) is 25.2 Å². The maximum Gasteiger partial charge on any atom is 0.417 e. The summed E-state index contributed by atoms with van der Waals surface area (Å²) in [5, 5.41) is 7.53. The number of nitrogens with zero attached hydrogens (tertiary/aromatic N) is 4. The molecule has 2 aromatic heterocycles. The average Bonchev–Trinajstić information content (AvgIpc) is 2.83. The summed E-state index contributed by atoms with van der Waals surface area (Å²) in [5.74, 6) is 0. The number of halogens is 7. The summed E-state index contributed by atoms with van der Waals surface area (Å²) in [6.07, 6.45) is -8.73. The quantitative estimate of drug-likeness (QED) is 0.0959. The van der Waals surface area contributed by atoms with Crippen LogP contribution in [-0.2, 0) is 12.4 Å². The summed E-state index contributed by atoms with van der Waals surface area (Å²) in [7, 11) is 3.67. The highest BCUT2D eigenvalue weighted by Gasteiger charge is 2.34. The first-order chi connectivity index (χ1) is 18.1. The average molecular weight is 663 g/mol. The lowest BCUT2D eigenvalue weighted by molar-refractivity contribution is -0.137. The van der Waals surface area contributed by atoms with E-state index < -0.39 is 23.5 Å². The summed E-state index contributed by atoms with van der Waals surface area (Å²) in [6, 6.07) is 12.9. The molecule has 0 atom stereocenters. The zero-order valence-corrected chi connectivity index (χ0v) is 24.3. The Morgan fingerprint density at radius 2 is 1.15 bits per heavy atom. The van der Waals surface area contributed by atoms with Gasteiger partial charge in [-0.05, 0) is 55.2 Å². The predicted octanol–water partition coefficient (Wildman–Crippen LogP) is 8.35. The normalized spacial score (nSPS) is 10.8. The highest BCUT2D eigenvalue weighted by Crippen LogP contribution is 2.36. The summed E-state index contributed by atoms with van der Waals surface area (Å²) in [4.78, 5) is 12.0. The van der Waals surface area contributed by atoms with E-state index in [2.05, 4.69) is 32.6 Å². The van der Waals surface area contributed by atoms with Crippen molar-refractivity contribution in [3.05, 3.63) is 71.0 Å². The van der Waals surface area contributed by atoms with E-state index in [9.17, 15) is 26.3 Å². The second kappa shape index (κ2) is 14.2. The van der Waals surface area contributed by atoms with Gasteiger partial charge in [-0.25, -0.2) is 0 Å². The lowest BCUT2D eigenvalue weighted by Crippen LogP contribution is -2.10. The van der Waals surface area contributed by atoms with Gasteiger partial charge in [-0.3, -0.25) is 9.97 Å². The van der Waals surface area contributed by atoms with Gasteiger partial charge in [0.2, 0.25) is 0 Å². The topological polar surface area (TPSA) is 78.8 Å². The third-order valence-corrected chi connectivity index (χ3v) is 5.01. The number of hydrogen-bond donors (Lipinski definition) is 1. The Hall–Kier alpha value is -3.34. The fourth-order valence-electron chi connectivity index (χ4n) is 3.47. The van der Waals surface area contributed by atoms with Crippen molar-refractivity contribution in [1.29, 1.82) is 5.26 Å². The summed E-state index contributed by atoms with van der Waals surface area (Å²) in [6.45, 7) is 4.52. The monoisotopic (exact) mass is 663 g/mol.